The van der Waals surface area contributed by atoms with Crippen LogP contribution in [0.5, 0.6) is 0 Å². The third-order valence-electron chi connectivity index (χ3n) is 3.65. The van der Waals surface area contributed by atoms with Gasteiger partial charge in [0.15, 0.2) is 0 Å². The normalized spacial score (nSPS) is 10.5. The minimum atomic E-state index is -0.374. The maximum absolute atomic E-state index is 13.1. The Morgan fingerprint density at radius 2 is 1.85 bits per heavy atom. The van der Waals surface area contributed by atoms with Crippen LogP contribution in [-0.2, 0) is 4.79 Å². The van der Waals surface area contributed by atoms with Gasteiger partial charge in [-0.15, -0.1) is 11.3 Å². The van der Waals surface area contributed by atoms with E-state index >= 15 is 0 Å². The van der Waals surface area contributed by atoms with Gasteiger partial charge in [0.1, 0.15) is 15.7 Å². The average molecular weight is 448 g/mol. The van der Waals surface area contributed by atoms with E-state index in [-0.39, 0.29) is 24.2 Å². The summed E-state index contributed by atoms with van der Waals surface area (Å²) in [7, 11) is 0. The van der Waals surface area contributed by atoms with Crippen LogP contribution in [0, 0.1) is 12.7 Å². The molecule has 0 aliphatic carbocycles. The van der Waals surface area contributed by atoms with Crippen LogP contribution in [0.25, 0.3) is 10.6 Å². The molecule has 0 atom stereocenters. The Balaban J connectivity index is 1.63. The molecule has 2 amide bonds. The first-order valence-corrected chi connectivity index (χ1v) is 9.61. The third-order valence-corrected chi connectivity index (χ3v) is 5.55. The predicted octanol–water partition coefficient (Wildman–Crippen LogP) is 4.39. The summed E-state index contributed by atoms with van der Waals surface area (Å²) in [5.41, 5.74) is 1.92. The minimum Gasteiger partial charge on any atom is -0.342 e. The Morgan fingerprint density at radius 1 is 1.15 bits per heavy atom. The maximum Gasteiger partial charge on any atom is 0.263 e. The van der Waals surface area contributed by atoms with Crippen molar-refractivity contribution in [2.75, 3.05) is 11.9 Å². The first kappa shape index (κ1) is 19.2. The van der Waals surface area contributed by atoms with Gasteiger partial charge in [-0.3, -0.25) is 9.59 Å². The number of benzene rings is 2. The summed E-state index contributed by atoms with van der Waals surface area (Å²) in [5, 5.41) is 5.94. The Hall–Kier alpha value is -2.58. The van der Waals surface area contributed by atoms with Crippen molar-refractivity contribution in [2.45, 2.75) is 6.92 Å². The van der Waals surface area contributed by atoms with Crippen molar-refractivity contribution in [3.8, 4) is 10.6 Å². The molecule has 0 aliphatic rings. The topological polar surface area (TPSA) is 71.1 Å². The van der Waals surface area contributed by atoms with Gasteiger partial charge in [0.05, 0.1) is 17.9 Å². The summed E-state index contributed by atoms with van der Waals surface area (Å²) in [5.74, 6) is -1.04. The monoisotopic (exact) mass is 447 g/mol. The van der Waals surface area contributed by atoms with E-state index in [2.05, 4.69) is 31.5 Å². The van der Waals surface area contributed by atoms with E-state index in [1.165, 1.54) is 23.5 Å². The Morgan fingerprint density at radius 3 is 2.56 bits per heavy atom. The molecule has 8 heteroatoms. The molecule has 27 heavy (non-hydrogen) atoms. The SMILES string of the molecule is Cc1nc(-c2ccc(F)cc2)sc1C(=O)NCC(=O)Nc1ccccc1Br. The molecular weight excluding hydrogens is 433 g/mol. The zero-order valence-electron chi connectivity index (χ0n) is 14.3. The van der Waals surface area contributed by atoms with Crippen molar-refractivity contribution in [1.82, 2.24) is 10.3 Å². The smallest absolute Gasteiger partial charge is 0.263 e. The number of aromatic nitrogens is 1. The highest BCUT2D eigenvalue weighted by atomic mass is 79.9. The van der Waals surface area contributed by atoms with E-state index in [1.54, 1.807) is 31.2 Å². The molecule has 1 aromatic heterocycles. The van der Waals surface area contributed by atoms with Crippen molar-refractivity contribution in [3.63, 3.8) is 0 Å². The number of halogens is 2. The Kier molecular flexibility index (Phi) is 5.98. The first-order chi connectivity index (χ1) is 12.9. The third kappa shape index (κ3) is 4.78. The number of aryl methyl sites for hydroxylation is 1. The molecule has 2 N–H and O–H groups in total. The second-order valence-electron chi connectivity index (χ2n) is 5.65. The molecule has 5 nitrogen and oxygen atoms in total. The van der Waals surface area contributed by atoms with E-state index in [9.17, 15) is 14.0 Å². The number of amides is 2. The van der Waals surface area contributed by atoms with Crippen molar-refractivity contribution >= 4 is 44.8 Å². The highest BCUT2D eigenvalue weighted by molar-refractivity contribution is 9.10. The molecule has 0 unspecified atom stereocenters. The van der Waals surface area contributed by atoms with Gasteiger partial charge in [0.2, 0.25) is 5.91 Å². The van der Waals surface area contributed by atoms with Crippen LogP contribution in [-0.4, -0.2) is 23.3 Å². The van der Waals surface area contributed by atoms with Crippen LogP contribution in [0.2, 0.25) is 0 Å². The number of carbonyl (C=O) groups is 2. The lowest BCUT2D eigenvalue weighted by Crippen LogP contribution is -2.32. The Labute approximate surface area is 167 Å². The molecule has 138 valence electrons. The second kappa shape index (κ2) is 8.41. The second-order valence-corrected chi connectivity index (χ2v) is 7.50. The van der Waals surface area contributed by atoms with E-state index in [0.717, 1.165) is 10.0 Å². The number of para-hydroxylation sites is 1. The highest BCUT2D eigenvalue weighted by Crippen LogP contribution is 2.28. The standard InChI is InChI=1S/C19H15BrFN3O2S/c1-11-17(27-19(23-11)12-6-8-13(21)9-7-12)18(26)22-10-16(25)24-15-5-3-2-4-14(15)20/h2-9H,10H2,1H3,(H,22,26)(H,24,25). The summed E-state index contributed by atoms with van der Waals surface area (Å²) >= 11 is 4.55. The summed E-state index contributed by atoms with van der Waals surface area (Å²) in [4.78, 5) is 29.2. The number of nitrogens with one attached hydrogen (secondary N) is 2. The molecule has 3 rings (SSSR count). The molecule has 3 aromatic rings. The number of hydrogen-bond acceptors (Lipinski definition) is 4. The average Bonchev–Trinajstić information content (AvgIpc) is 3.04. The summed E-state index contributed by atoms with van der Waals surface area (Å²) < 4.78 is 13.8. The molecule has 0 bridgehead atoms. The van der Waals surface area contributed by atoms with Crippen LogP contribution in [0.4, 0.5) is 10.1 Å². The van der Waals surface area contributed by atoms with Crippen molar-refractivity contribution in [2.24, 2.45) is 0 Å². The van der Waals surface area contributed by atoms with Crippen molar-refractivity contribution in [1.29, 1.82) is 0 Å². The number of anilines is 1. The molecule has 0 saturated heterocycles. The number of hydrogen-bond donors (Lipinski definition) is 2. The number of rotatable bonds is 5. The highest BCUT2D eigenvalue weighted by Gasteiger charge is 2.17. The van der Waals surface area contributed by atoms with E-state index < -0.39 is 0 Å². The molecule has 0 aliphatic heterocycles. The summed E-state index contributed by atoms with van der Waals surface area (Å²) in [6.45, 7) is 1.56. The van der Waals surface area contributed by atoms with E-state index in [0.29, 0.717) is 21.3 Å². The lowest BCUT2D eigenvalue weighted by Gasteiger charge is -2.08. The zero-order valence-corrected chi connectivity index (χ0v) is 16.7. The number of thiazole rings is 1. The quantitative estimate of drug-likeness (QED) is 0.609. The maximum atomic E-state index is 13.1. The van der Waals surface area contributed by atoms with Crippen molar-refractivity contribution in [3.05, 3.63) is 69.4 Å². The van der Waals surface area contributed by atoms with Crippen LogP contribution >= 0.6 is 27.3 Å². The van der Waals surface area contributed by atoms with Crippen LogP contribution < -0.4 is 10.6 Å². The fourth-order valence-electron chi connectivity index (χ4n) is 2.32. The van der Waals surface area contributed by atoms with Crippen LogP contribution in [0.3, 0.4) is 0 Å². The van der Waals surface area contributed by atoms with Gasteiger partial charge in [0.25, 0.3) is 5.91 Å². The largest absolute Gasteiger partial charge is 0.342 e. The molecule has 0 fully saturated rings. The van der Waals surface area contributed by atoms with Gasteiger partial charge in [-0.25, -0.2) is 9.37 Å². The van der Waals surface area contributed by atoms with Crippen LogP contribution in [0.1, 0.15) is 15.4 Å². The van der Waals surface area contributed by atoms with Gasteiger partial charge in [-0.05, 0) is 59.3 Å². The van der Waals surface area contributed by atoms with Gasteiger partial charge in [0, 0.05) is 10.0 Å². The van der Waals surface area contributed by atoms with Crippen LogP contribution in [0.15, 0.2) is 53.0 Å². The molecule has 0 radical (unpaired) electrons. The fraction of sp³-hybridized carbons (Fsp3) is 0.105. The van der Waals surface area contributed by atoms with Gasteiger partial charge < -0.3 is 10.6 Å². The van der Waals surface area contributed by atoms with Gasteiger partial charge in [-0.2, -0.15) is 0 Å². The molecule has 1 heterocycles. The Bertz CT molecular complexity index is 989. The van der Waals surface area contributed by atoms with E-state index in [1.807, 2.05) is 12.1 Å². The summed E-state index contributed by atoms with van der Waals surface area (Å²) in [6.07, 6.45) is 0. The van der Waals surface area contributed by atoms with Gasteiger partial charge in [-0.1, -0.05) is 12.1 Å². The summed E-state index contributed by atoms with van der Waals surface area (Å²) in [6, 6.07) is 13.1. The molecule has 0 saturated carbocycles. The predicted molar refractivity (Wildman–Crippen MR) is 107 cm³/mol. The lowest BCUT2D eigenvalue weighted by molar-refractivity contribution is -0.115. The van der Waals surface area contributed by atoms with E-state index in [4.69, 9.17) is 0 Å². The number of nitrogens with zero attached hydrogens (tertiary/aromatic N) is 1. The van der Waals surface area contributed by atoms with Crippen molar-refractivity contribution < 1.29 is 14.0 Å². The zero-order chi connectivity index (χ0) is 19.4. The lowest BCUT2D eigenvalue weighted by atomic mass is 10.2. The molecular formula is C19H15BrFN3O2S. The first-order valence-electron chi connectivity index (χ1n) is 8.00. The van der Waals surface area contributed by atoms with Gasteiger partial charge >= 0.3 is 0 Å². The molecule has 2 aromatic carbocycles. The molecule has 0 spiro atoms. The number of carbonyl (C=O) groups excluding carboxylic acids is 2. The minimum absolute atomic E-state index is 0.163. The fourth-order valence-corrected chi connectivity index (χ4v) is 3.69.